The zero-order chi connectivity index (χ0) is 15.4. The third kappa shape index (κ3) is 3.28. The van der Waals surface area contributed by atoms with Crippen molar-refractivity contribution in [1.82, 2.24) is 9.29 Å². The molecule has 22 heavy (non-hydrogen) atoms. The minimum absolute atomic E-state index is 0.257. The van der Waals surface area contributed by atoms with E-state index in [-0.39, 0.29) is 4.90 Å². The summed E-state index contributed by atoms with van der Waals surface area (Å²) in [7, 11) is -3.41. The quantitative estimate of drug-likeness (QED) is 0.941. The Labute approximate surface area is 131 Å². The molecule has 1 N–H and O–H groups in total. The van der Waals surface area contributed by atoms with E-state index < -0.39 is 10.0 Å². The number of nitrogens with one attached hydrogen (secondary N) is 1. The molecule has 0 spiro atoms. The summed E-state index contributed by atoms with van der Waals surface area (Å²) in [5, 5.41) is 3.14. The van der Waals surface area contributed by atoms with Gasteiger partial charge in [0.1, 0.15) is 10.7 Å². The molecule has 0 unspecified atom stereocenters. The molecule has 1 aliphatic heterocycles. The van der Waals surface area contributed by atoms with Crippen LogP contribution in [0.25, 0.3) is 0 Å². The summed E-state index contributed by atoms with van der Waals surface area (Å²) >= 11 is 0. The predicted molar refractivity (Wildman–Crippen MR) is 86.6 cm³/mol. The van der Waals surface area contributed by atoms with Gasteiger partial charge in [0, 0.05) is 25.0 Å². The molecule has 1 saturated heterocycles. The molecular formula is C16H19N3O2S. The average molecular weight is 317 g/mol. The molecule has 1 fully saturated rings. The second-order valence-electron chi connectivity index (χ2n) is 5.33. The van der Waals surface area contributed by atoms with E-state index >= 15 is 0 Å². The normalized spacial score (nSPS) is 16.4. The van der Waals surface area contributed by atoms with Gasteiger partial charge in [0.15, 0.2) is 0 Å². The maximum absolute atomic E-state index is 12.5. The minimum Gasteiger partial charge on any atom is -0.340 e. The smallest absolute Gasteiger partial charge is 0.244 e. The fourth-order valence-corrected chi connectivity index (χ4v) is 3.99. The number of piperidine rings is 1. The lowest BCUT2D eigenvalue weighted by molar-refractivity contribution is 0.346. The topological polar surface area (TPSA) is 62.3 Å². The number of hydrogen-bond donors (Lipinski definition) is 1. The van der Waals surface area contributed by atoms with Crippen LogP contribution < -0.4 is 5.32 Å². The Hall–Kier alpha value is -1.92. The molecule has 116 valence electrons. The number of pyridine rings is 1. The van der Waals surface area contributed by atoms with E-state index in [4.69, 9.17) is 0 Å². The monoisotopic (exact) mass is 317 g/mol. The predicted octanol–water partition coefficient (Wildman–Crippen LogP) is 3.00. The van der Waals surface area contributed by atoms with Crippen molar-refractivity contribution in [1.29, 1.82) is 0 Å². The average Bonchev–Trinajstić information content (AvgIpc) is 2.57. The molecule has 6 heteroatoms. The summed E-state index contributed by atoms with van der Waals surface area (Å²) in [5.74, 6) is 0.629. The van der Waals surface area contributed by atoms with E-state index in [1.54, 1.807) is 16.4 Å². The van der Waals surface area contributed by atoms with Crippen molar-refractivity contribution in [2.24, 2.45) is 0 Å². The molecule has 2 heterocycles. The van der Waals surface area contributed by atoms with Gasteiger partial charge in [-0.25, -0.2) is 13.4 Å². The van der Waals surface area contributed by atoms with Crippen LogP contribution in [0, 0.1) is 0 Å². The number of benzene rings is 1. The Morgan fingerprint density at radius 3 is 2.32 bits per heavy atom. The van der Waals surface area contributed by atoms with Gasteiger partial charge < -0.3 is 5.32 Å². The summed E-state index contributed by atoms with van der Waals surface area (Å²) in [4.78, 5) is 4.48. The van der Waals surface area contributed by atoms with E-state index in [0.717, 1.165) is 24.9 Å². The van der Waals surface area contributed by atoms with Crippen LogP contribution in [0.1, 0.15) is 19.3 Å². The van der Waals surface area contributed by atoms with Gasteiger partial charge >= 0.3 is 0 Å². The highest BCUT2D eigenvalue weighted by molar-refractivity contribution is 7.89. The first-order valence-electron chi connectivity index (χ1n) is 7.44. The number of anilines is 2. The first-order chi connectivity index (χ1) is 10.7. The van der Waals surface area contributed by atoms with Crippen LogP contribution in [0.15, 0.2) is 53.6 Å². The van der Waals surface area contributed by atoms with Gasteiger partial charge in [-0.1, -0.05) is 24.6 Å². The van der Waals surface area contributed by atoms with Gasteiger partial charge in [-0.15, -0.1) is 0 Å². The molecule has 3 rings (SSSR count). The summed E-state index contributed by atoms with van der Waals surface area (Å²) in [6.45, 7) is 1.21. The van der Waals surface area contributed by atoms with Gasteiger partial charge in [-0.05, 0) is 37.1 Å². The highest BCUT2D eigenvalue weighted by Crippen LogP contribution is 2.21. The van der Waals surface area contributed by atoms with Crippen LogP contribution in [0.2, 0.25) is 0 Å². The molecule has 0 saturated carbocycles. The molecule has 5 nitrogen and oxygen atoms in total. The van der Waals surface area contributed by atoms with Crippen LogP contribution in [0.4, 0.5) is 11.5 Å². The Morgan fingerprint density at radius 2 is 1.68 bits per heavy atom. The standard InChI is InChI=1S/C16H19N3O2S/c20-22(21,19-11-5-2-6-12-19)15-9-10-16(17-13-15)18-14-7-3-1-4-8-14/h1,3-4,7-10,13H,2,5-6,11-12H2,(H,17,18). The third-order valence-corrected chi connectivity index (χ3v) is 5.62. The number of para-hydroxylation sites is 1. The van der Waals surface area contributed by atoms with E-state index in [1.165, 1.54) is 6.20 Å². The van der Waals surface area contributed by atoms with Crippen molar-refractivity contribution in [2.45, 2.75) is 24.2 Å². The third-order valence-electron chi connectivity index (χ3n) is 3.74. The van der Waals surface area contributed by atoms with Crippen LogP contribution in [0.5, 0.6) is 0 Å². The van der Waals surface area contributed by atoms with Crippen molar-refractivity contribution in [3.8, 4) is 0 Å². The fraction of sp³-hybridized carbons (Fsp3) is 0.312. The maximum atomic E-state index is 12.5. The molecule has 0 atom stereocenters. The van der Waals surface area contributed by atoms with Gasteiger partial charge in [0.05, 0.1) is 0 Å². The highest BCUT2D eigenvalue weighted by atomic mass is 32.2. The first kappa shape index (κ1) is 15.0. The highest BCUT2D eigenvalue weighted by Gasteiger charge is 2.26. The van der Waals surface area contributed by atoms with Crippen molar-refractivity contribution < 1.29 is 8.42 Å². The maximum Gasteiger partial charge on any atom is 0.244 e. The van der Waals surface area contributed by atoms with E-state index in [0.29, 0.717) is 18.9 Å². The Balaban J connectivity index is 1.76. The molecule has 0 amide bonds. The minimum atomic E-state index is -3.41. The molecule has 0 radical (unpaired) electrons. The second-order valence-corrected chi connectivity index (χ2v) is 7.27. The van der Waals surface area contributed by atoms with Crippen molar-refractivity contribution in [3.05, 3.63) is 48.7 Å². The first-order valence-corrected chi connectivity index (χ1v) is 8.88. The van der Waals surface area contributed by atoms with Crippen molar-refractivity contribution in [2.75, 3.05) is 18.4 Å². The number of rotatable bonds is 4. The molecule has 0 aliphatic carbocycles. The fourth-order valence-electron chi connectivity index (χ4n) is 2.53. The Bertz CT molecular complexity index is 709. The zero-order valence-corrected chi connectivity index (χ0v) is 13.1. The van der Waals surface area contributed by atoms with Crippen LogP contribution in [-0.4, -0.2) is 30.8 Å². The van der Waals surface area contributed by atoms with Gasteiger partial charge in [0.25, 0.3) is 0 Å². The molecule has 0 bridgehead atoms. The van der Waals surface area contributed by atoms with Gasteiger partial charge in [0.2, 0.25) is 10.0 Å². The zero-order valence-electron chi connectivity index (χ0n) is 12.3. The Morgan fingerprint density at radius 1 is 0.955 bits per heavy atom. The number of hydrogen-bond acceptors (Lipinski definition) is 4. The van der Waals surface area contributed by atoms with Crippen LogP contribution in [0.3, 0.4) is 0 Å². The second kappa shape index (κ2) is 6.46. The summed E-state index contributed by atoms with van der Waals surface area (Å²) in [6.07, 6.45) is 4.39. The summed E-state index contributed by atoms with van der Waals surface area (Å²) in [5.41, 5.74) is 0.918. The number of sulfonamides is 1. The molecular weight excluding hydrogens is 298 g/mol. The summed E-state index contributed by atoms with van der Waals surface area (Å²) in [6, 6.07) is 13.0. The number of nitrogens with zero attached hydrogens (tertiary/aromatic N) is 2. The molecule has 2 aromatic rings. The van der Waals surface area contributed by atoms with Crippen molar-refractivity contribution >= 4 is 21.5 Å². The largest absolute Gasteiger partial charge is 0.340 e. The lowest BCUT2D eigenvalue weighted by Crippen LogP contribution is -2.35. The van der Waals surface area contributed by atoms with E-state index in [9.17, 15) is 8.42 Å². The van der Waals surface area contributed by atoms with Crippen LogP contribution >= 0.6 is 0 Å². The molecule has 1 aliphatic rings. The van der Waals surface area contributed by atoms with E-state index in [2.05, 4.69) is 10.3 Å². The lowest BCUT2D eigenvalue weighted by Gasteiger charge is -2.25. The number of aromatic nitrogens is 1. The molecule has 1 aromatic heterocycles. The Kier molecular flexibility index (Phi) is 4.40. The molecule has 1 aromatic carbocycles. The summed E-state index contributed by atoms with van der Waals surface area (Å²) < 4.78 is 26.6. The van der Waals surface area contributed by atoms with Crippen molar-refractivity contribution in [3.63, 3.8) is 0 Å². The SMILES string of the molecule is O=S(=O)(c1ccc(Nc2ccccc2)nc1)N1CCCCC1. The van der Waals surface area contributed by atoms with E-state index in [1.807, 2.05) is 30.3 Å². The lowest BCUT2D eigenvalue weighted by atomic mass is 10.2. The van der Waals surface area contributed by atoms with Gasteiger partial charge in [-0.3, -0.25) is 0 Å². The van der Waals surface area contributed by atoms with Gasteiger partial charge in [-0.2, -0.15) is 4.31 Å². The van der Waals surface area contributed by atoms with Crippen LogP contribution in [-0.2, 0) is 10.0 Å².